The van der Waals surface area contributed by atoms with Crippen molar-refractivity contribution in [2.24, 2.45) is 11.8 Å². The van der Waals surface area contributed by atoms with Crippen molar-refractivity contribution < 1.29 is 39.4 Å². The summed E-state index contributed by atoms with van der Waals surface area (Å²) in [5, 5.41) is 41.3. The van der Waals surface area contributed by atoms with Crippen LogP contribution >= 0.6 is 0 Å². The van der Waals surface area contributed by atoms with Crippen molar-refractivity contribution >= 4 is 5.97 Å². The summed E-state index contributed by atoms with van der Waals surface area (Å²) >= 11 is 0. The summed E-state index contributed by atoms with van der Waals surface area (Å²) in [6, 6.07) is 0. The van der Waals surface area contributed by atoms with E-state index in [1.165, 1.54) is 116 Å². The van der Waals surface area contributed by atoms with E-state index >= 15 is 0 Å². The predicted molar refractivity (Wildman–Crippen MR) is 195 cm³/mol. The Morgan fingerprint density at radius 1 is 0.583 bits per heavy atom. The summed E-state index contributed by atoms with van der Waals surface area (Å²) in [6.07, 6.45) is 20.9. The molecule has 1 rings (SSSR count). The van der Waals surface area contributed by atoms with Crippen molar-refractivity contribution in [2.45, 2.75) is 218 Å². The molecule has 48 heavy (non-hydrogen) atoms. The molecule has 1 aliphatic rings. The van der Waals surface area contributed by atoms with Crippen molar-refractivity contribution in [3.63, 3.8) is 0 Å². The van der Waals surface area contributed by atoms with Gasteiger partial charge in [0, 0.05) is 13.0 Å². The van der Waals surface area contributed by atoms with Crippen molar-refractivity contribution in [1.82, 2.24) is 0 Å². The van der Waals surface area contributed by atoms with Gasteiger partial charge in [-0.25, -0.2) is 0 Å². The molecular formula is C40H78O8. The van der Waals surface area contributed by atoms with Crippen LogP contribution in [-0.4, -0.2) is 82.8 Å². The van der Waals surface area contributed by atoms with Gasteiger partial charge in [0.25, 0.3) is 0 Å². The number of esters is 1. The molecule has 1 aliphatic carbocycles. The Morgan fingerprint density at radius 3 is 1.62 bits per heavy atom. The van der Waals surface area contributed by atoms with Crippen LogP contribution in [-0.2, 0) is 19.0 Å². The molecule has 0 bridgehead atoms. The minimum Gasteiger partial charge on any atom is -0.457 e. The van der Waals surface area contributed by atoms with Crippen LogP contribution in [0.5, 0.6) is 0 Å². The monoisotopic (exact) mass is 687 g/mol. The lowest BCUT2D eigenvalue weighted by Crippen LogP contribution is -2.41. The SMILES string of the molecule is CCCCCCC(C)CCCCCCCCCOC[C@H](O)CO[C@@H]1[C@@H](O)[C@H](O)[C@@H](O)[C@@H]1OC(=O)CCCCCCCCCCCC(C)C. The van der Waals surface area contributed by atoms with Crippen LogP contribution in [0.1, 0.15) is 182 Å². The molecule has 286 valence electrons. The third-order valence-corrected chi connectivity index (χ3v) is 9.95. The van der Waals surface area contributed by atoms with Crippen molar-refractivity contribution in [3.8, 4) is 0 Å². The van der Waals surface area contributed by atoms with Gasteiger partial charge in [-0.1, -0.05) is 163 Å². The van der Waals surface area contributed by atoms with E-state index in [0.29, 0.717) is 13.0 Å². The van der Waals surface area contributed by atoms with E-state index in [2.05, 4.69) is 27.7 Å². The maximum atomic E-state index is 12.5. The fourth-order valence-corrected chi connectivity index (χ4v) is 6.71. The van der Waals surface area contributed by atoms with Gasteiger partial charge in [-0.05, 0) is 24.7 Å². The molecule has 0 amide bonds. The van der Waals surface area contributed by atoms with E-state index < -0.39 is 42.6 Å². The minimum atomic E-state index is -1.49. The van der Waals surface area contributed by atoms with Crippen LogP contribution in [0.2, 0.25) is 0 Å². The van der Waals surface area contributed by atoms with Crippen LogP contribution in [0.15, 0.2) is 0 Å². The lowest BCUT2D eigenvalue weighted by molar-refractivity contribution is -0.168. The molecule has 0 aromatic heterocycles. The average molecular weight is 687 g/mol. The number of carbonyl (C=O) groups is 1. The zero-order valence-corrected chi connectivity index (χ0v) is 31.6. The molecule has 0 radical (unpaired) electrons. The molecule has 1 unspecified atom stereocenters. The number of aliphatic hydroxyl groups excluding tert-OH is 4. The third-order valence-electron chi connectivity index (χ3n) is 9.95. The molecule has 1 saturated carbocycles. The average Bonchev–Trinajstić information content (AvgIpc) is 3.25. The lowest BCUT2D eigenvalue weighted by atomic mass is 9.96. The van der Waals surface area contributed by atoms with Gasteiger partial charge in [0.05, 0.1) is 13.2 Å². The summed E-state index contributed by atoms with van der Waals surface area (Å²) in [7, 11) is 0. The lowest BCUT2D eigenvalue weighted by Gasteiger charge is -2.24. The van der Waals surface area contributed by atoms with Gasteiger partial charge in [0.15, 0.2) is 6.10 Å². The number of aliphatic hydroxyl groups is 4. The molecule has 4 N–H and O–H groups in total. The van der Waals surface area contributed by atoms with Crippen LogP contribution < -0.4 is 0 Å². The zero-order chi connectivity index (χ0) is 35.4. The molecule has 0 aromatic rings. The third kappa shape index (κ3) is 22.8. The molecule has 0 spiro atoms. The summed E-state index contributed by atoms with van der Waals surface area (Å²) in [5.41, 5.74) is 0. The van der Waals surface area contributed by atoms with Crippen molar-refractivity contribution in [1.29, 1.82) is 0 Å². The standard InChI is InChI=1S/C40H78O8/c1-5-6-7-21-26-33(4)27-22-17-13-11-15-19-24-29-46-30-34(41)31-47-39-37(44)36(43)38(45)40(39)48-35(42)28-23-18-14-10-8-9-12-16-20-25-32(2)3/h32-34,36-41,43-45H,5-31H2,1-4H3/t33?,34-,36-,37-,38+,39+,40-/m0/s1. The Balaban J connectivity index is 2.10. The van der Waals surface area contributed by atoms with Gasteiger partial charge in [-0.2, -0.15) is 0 Å². The van der Waals surface area contributed by atoms with Crippen LogP contribution in [0, 0.1) is 11.8 Å². The molecule has 0 aliphatic heterocycles. The predicted octanol–water partition coefficient (Wildman–Crippen LogP) is 8.43. The largest absolute Gasteiger partial charge is 0.457 e. The van der Waals surface area contributed by atoms with E-state index in [4.69, 9.17) is 14.2 Å². The number of unbranched alkanes of at least 4 members (excludes halogenated alkanes) is 17. The molecule has 1 fully saturated rings. The fraction of sp³-hybridized carbons (Fsp3) is 0.975. The molecule has 8 nitrogen and oxygen atoms in total. The number of rotatable bonds is 33. The maximum absolute atomic E-state index is 12.5. The van der Waals surface area contributed by atoms with Gasteiger partial charge >= 0.3 is 5.97 Å². The van der Waals surface area contributed by atoms with E-state index in [1.807, 2.05) is 0 Å². The first-order chi connectivity index (χ1) is 23.2. The highest BCUT2D eigenvalue weighted by Gasteiger charge is 2.52. The van der Waals surface area contributed by atoms with Crippen LogP contribution in [0.3, 0.4) is 0 Å². The second-order valence-corrected chi connectivity index (χ2v) is 15.3. The Labute approximate surface area is 295 Å². The smallest absolute Gasteiger partial charge is 0.306 e. The van der Waals surface area contributed by atoms with E-state index in [-0.39, 0.29) is 19.6 Å². The highest BCUT2D eigenvalue weighted by atomic mass is 16.6. The molecule has 7 atom stereocenters. The first-order valence-electron chi connectivity index (χ1n) is 20.3. The maximum Gasteiger partial charge on any atom is 0.306 e. The molecule has 0 heterocycles. The second kappa shape index (κ2) is 29.9. The molecule has 0 saturated heterocycles. The molecule has 0 aromatic carbocycles. The zero-order valence-electron chi connectivity index (χ0n) is 31.6. The summed E-state index contributed by atoms with van der Waals surface area (Å²) in [5.74, 6) is 1.17. The first kappa shape index (κ1) is 45.3. The van der Waals surface area contributed by atoms with E-state index in [0.717, 1.165) is 37.5 Å². The number of hydrogen-bond donors (Lipinski definition) is 4. The topological polar surface area (TPSA) is 126 Å². The van der Waals surface area contributed by atoms with Crippen LogP contribution in [0.4, 0.5) is 0 Å². The molecule has 8 heteroatoms. The number of ether oxygens (including phenoxy) is 3. The number of hydrogen-bond acceptors (Lipinski definition) is 8. The Morgan fingerprint density at radius 2 is 1.06 bits per heavy atom. The minimum absolute atomic E-state index is 0.0904. The number of carbonyl (C=O) groups excluding carboxylic acids is 1. The Bertz CT molecular complexity index is 734. The van der Waals surface area contributed by atoms with Crippen molar-refractivity contribution in [2.75, 3.05) is 19.8 Å². The van der Waals surface area contributed by atoms with Gasteiger partial charge < -0.3 is 34.6 Å². The van der Waals surface area contributed by atoms with E-state index in [1.54, 1.807) is 0 Å². The first-order valence-corrected chi connectivity index (χ1v) is 20.3. The highest BCUT2D eigenvalue weighted by molar-refractivity contribution is 5.69. The Hall–Kier alpha value is -0.770. The molecular weight excluding hydrogens is 608 g/mol. The van der Waals surface area contributed by atoms with Crippen LogP contribution in [0.25, 0.3) is 0 Å². The normalized spacial score (nSPS) is 22.4. The van der Waals surface area contributed by atoms with Gasteiger partial charge in [0.1, 0.15) is 30.5 Å². The second-order valence-electron chi connectivity index (χ2n) is 15.3. The summed E-state index contributed by atoms with van der Waals surface area (Å²) < 4.78 is 16.7. The Kier molecular flexibility index (Phi) is 28.2. The summed E-state index contributed by atoms with van der Waals surface area (Å²) in [4.78, 5) is 12.5. The fourth-order valence-electron chi connectivity index (χ4n) is 6.71. The highest BCUT2D eigenvalue weighted by Crippen LogP contribution is 2.28. The van der Waals surface area contributed by atoms with E-state index in [9.17, 15) is 25.2 Å². The summed E-state index contributed by atoms with van der Waals surface area (Å²) in [6.45, 7) is 9.70. The van der Waals surface area contributed by atoms with Crippen molar-refractivity contribution in [3.05, 3.63) is 0 Å². The quantitative estimate of drug-likeness (QED) is 0.0401. The van der Waals surface area contributed by atoms with Gasteiger partial charge in [-0.3, -0.25) is 4.79 Å². The van der Waals surface area contributed by atoms with Gasteiger partial charge in [-0.15, -0.1) is 0 Å². The van der Waals surface area contributed by atoms with Gasteiger partial charge in [0.2, 0.25) is 0 Å².